The molecule has 0 aliphatic heterocycles. The van der Waals surface area contributed by atoms with E-state index in [0.29, 0.717) is 5.82 Å². The number of thioether (sulfide) groups is 1. The Balaban J connectivity index is 2.94. The van der Waals surface area contributed by atoms with Crippen LogP contribution in [-0.4, -0.2) is 21.2 Å². The minimum absolute atomic E-state index is 0.717. The zero-order valence-electron chi connectivity index (χ0n) is 5.25. The second-order valence-electron chi connectivity index (χ2n) is 1.47. The van der Waals surface area contributed by atoms with Gasteiger partial charge in [0.1, 0.15) is 5.82 Å². The lowest BCUT2D eigenvalue weighted by atomic mass is 10.7. The highest BCUT2D eigenvalue weighted by atomic mass is 32.2. The maximum absolute atomic E-state index is 4.00. The summed E-state index contributed by atoms with van der Waals surface area (Å²) in [5.74, 6) is 0.717. The lowest BCUT2D eigenvalue weighted by Crippen LogP contribution is -1.91. The molecule has 0 amide bonds. The Labute approximate surface area is 57.9 Å². The summed E-state index contributed by atoms with van der Waals surface area (Å²) < 4.78 is 0. The third-order valence-corrected chi connectivity index (χ3v) is 1.35. The van der Waals surface area contributed by atoms with Gasteiger partial charge in [0.05, 0.1) is 0 Å². The minimum Gasteiger partial charge on any atom is -0.210 e. The second kappa shape index (κ2) is 2.77. The molecule has 0 atom stereocenters. The zero-order chi connectivity index (χ0) is 6.69. The van der Waals surface area contributed by atoms with E-state index in [1.54, 1.807) is 0 Å². The number of hydrogen-bond acceptors (Lipinski definition) is 4. The van der Waals surface area contributed by atoms with E-state index < -0.39 is 0 Å². The lowest BCUT2D eigenvalue weighted by Gasteiger charge is -1.91. The van der Waals surface area contributed by atoms with Crippen LogP contribution >= 0.6 is 11.8 Å². The predicted molar refractivity (Wildman–Crippen MR) is 35.2 cm³/mol. The molecular formula is C5H6N3S. The van der Waals surface area contributed by atoms with Crippen molar-refractivity contribution in [3.63, 3.8) is 0 Å². The summed E-state index contributed by atoms with van der Waals surface area (Å²) in [4.78, 5) is 11.5. The highest BCUT2D eigenvalue weighted by Gasteiger charge is 1.91. The molecular weight excluding hydrogens is 134 g/mol. The molecule has 0 spiro atoms. The average Bonchev–Trinajstić information content (AvgIpc) is 1.88. The van der Waals surface area contributed by atoms with Crippen molar-refractivity contribution < 1.29 is 0 Å². The van der Waals surface area contributed by atoms with Crippen LogP contribution in [0, 0.1) is 13.3 Å². The Hall–Kier alpha value is -0.640. The number of aryl methyl sites for hydroxylation is 1. The molecule has 1 aromatic heterocycles. The molecule has 9 heavy (non-hydrogen) atoms. The quantitative estimate of drug-likeness (QED) is 0.538. The first-order chi connectivity index (χ1) is 4.33. The van der Waals surface area contributed by atoms with Crippen LogP contribution in [0.15, 0.2) is 5.16 Å². The summed E-state index contributed by atoms with van der Waals surface area (Å²) in [6.45, 7) is 1.82. The molecule has 0 fully saturated rings. The molecule has 0 unspecified atom stereocenters. The van der Waals surface area contributed by atoms with E-state index in [9.17, 15) is 0 Å². The van der Waals surface area contributed by atoms with Gasteiger partial charge in [-0.25, -0.2) is 9.97 Å². The molecule has 1 aromatic rings. The van der Waals surface area contributed by atoms with Crippen molar-refractivity contribution in [2.24, 2.45) is 0 Å². The number of hydrogen-bond donors (Lipinski definition) is 0. The molecule has 0 saturated heterocycles. The fourth-order valence-corrected chi connectivity index (χ4v) is 0.775. The molecule has 1 rings (SSSR count). The topological polar surface area (TPSA) is 38.7 Å². The normalized spacial score (nSPS) is 9.56. The molecule has 0 bridgehead atoms. The van der Waals surface area contributed by atoms with Gasteiger partial charge in [-0.2, -0.15) is 4.98 Å². The van der Waals surface area contributed by atoms with E-state index in [-0.39, 0.29) is 0 Å². The SMILES string of the molecule is CSc1n[c]nc(C)n1. The highest BCUT2D eigenvalue weighted by molar-refractivity contribution is 7.98. The Morgan fingerprint density at radius 3 is 2.67 bits per heavy atom. The molecule has 4 heteroatoms. The zero-order valence-corrected chi connectivity index (χ0v) is 6.07. The van der Waals surface area contributed by atoms with Crippen LogP contribution < -0.4 is 0 Å². The van der Waals surface area contributed by atoms with Crippen molar-refractivity contribution in [1.82, 2.24) is 15.0 Å². The van der Waals surface area contributed by atoms with E-state index in [2.05, 4.69) is 21.3 Å². The predicted octanol–water partition coefficient (Wildman–Crippen LogP) is 0.702. The molecule has 0 aliphatic rings. The first kappa shape index (κ1) is 6.48. The first-order valence-corrected chi connectivity index (χ1v) is 3.68. The van der Waals surface area contributed by atoms with Crippen molar-refractivity contribution >= 4 is 11.8 Å². The maximum Gasteiger partial charge on any atom is 0.202 e. The number of aromatic nitrogens is 3. The van der Waals surface area contributed by atoms with E-state index in [0.717, 1.165) is 5.16 Å². The van der Waals surface area contributed by atoms with Gasteiger partial charge in [-0.3, -0.25) is 0 Å². The fourth-order valence-electron chi connectivity index (χ4n) is 0.420. The third kappa shape index (κ3) is 1.64. The fraction of sp³-hybridized carbons (Fsp3) is 0.400. The van der Waals surface area contributed by atoms with E-state index in [1.807, 2.05) is 13.2 Å². The van der Waals surface area contributed by atoms with E-state index >= 15 is 0 Å². The van der Waals surface area contributed by atoms with Crippen LogP contribution in [0.2, 0.25) is 0 Å². The number of rotatable bonds is 1. The largest absolute Gasteiger partial charge is 0.210 e. The molecule has 1 heterocycles. The molecule has 0 aliphatic carbocycles. The van der Waals surface area contributed by atoms with Crippen LogP contribution in [0.3, 0.4) is 0 Å². The third-order valence-electron chi connectivity index (χ3n) is 0.797. The van der Waals surface area contributed by atoms with Gasteiger partial charge in [-0.1, -0.05) is 11.8 Å². The summed E-state index contributed by atoms with van der Waals surface area (Å²) in [5, 5.41) is 0.725. The minimum atomic E-state index is 0.717. The summed E-state index contributed by atoms with van der Waals surface area (Å²) in [5.41, 5.74) is 0. The van der Waals surface area contributed by atoms with Crippen LogP contribution in [-0.2, 0) is 0 Å². The van der Waals surface area contributed by atoms with Gasteiger partial charge in [0, 0.05) is 0 Å². The van der Waals surface area contributed by atoms with Gasteiger partial charge in [0.2, 0.25) is 6.33 Å². The van der Waals surface area contributed by atoms with Crippen molar-refractivity contribution in [2.75, 3.05) is 6.26 Å². The van der Waals surface area contributed by atoms with Crippen molar-refractivity contribution in [1.29, 1.82) is 0 Å². The Bertz CT molecular complexity index is 201. The Kier molecular flexibility index (Phi) is 2.00. The smallest absolute Gasteiger partial charge is 0.202 e. The number of nitrogens with zero attached hydrogens (tertiary/aromatic N) is 3. The van der Waals surface area contributed by atoms with Gasteiger partial charge in [-0.15, -0.1) is 0 Å². The summed E-state index contributed by atoms with van der Waals surface area (Å²) in [6.07, 6.45) is 4.42. The van der Waals surface area contributed by atoms with Gasteiger partial charge in [0.25, 0.3) is 0 Å². The molecule has 0 saturated carbocycles. The molecule has 0 N–H and O–H groups in total. The van der Waals surface area contributed by atoms with E-state index in [4.69, 9.17) is 0 Å². The lowest BCUT2D eigenvalue weighted by molar-refractivity contribution is 0.851. The van der Waals surface area contributed by atoms with E-state index in [1.165, 1.54) is 11.8 Å². The second-order valence-corrected chi connectivity index (χ2v) is 2.24. The van der Waals surface area contributed by atoms with Crippen molar-refractivity contribution in [3.05, 3.63) is 12.2 Å². The molecule has 3 nitrogen and oxygen atoms in total. The van der Waals surface area contributed by atoms with Gasteiger partial charge in [0.15, 0.2) is 5.16 Å². The first-order valence-electron chi connectivity index (χ1n) is 2.45. The average molecular weight is 140 g/mol. The Morgan fingerprint density at radius 2 is 2.22 bits per heavy atom. The molecule has 0 aromatic carbocycles. The van der Waals surface area contributed by atoms with Crippen molar-refractivity contribution in [3.8, 4) is 0 Å². The van der Waals surface area contributed by atoms with Gasteiger partial charge in [-0.05, 0) is 13.2 Å². The summed E-state index contributed by atoms with van der Waals surface area (Å²) >= 11 is 1.49. The monoisotopic (exact) mass is 140 g/mol. The standard InChI is InChI=1S/C5H6N3S/c1-4-6-3-7-5(8-4)9-2/h1-2H3. The maximum atomic E-state index is 4.00. The molecule has 47 valence electrons. The van der Waals surface area contributed by atoms with Crippen LogP contribution in [0.4, 0.5) is 0 Å². The highest BCUT2D eigenvalue weighted by Crippen LogP contribution is 2.04. The Morgan fingerprint density at radius 1 is 1.44 bits per heavy atom. The van der Waals surface area contributed by atoms with Crippen LogP contribution in [0.5, 0.6) is 0 Å². The summed E-state index contributed by atoms with van der Waals surface area (Å²) in [6, 6.07) is 0. The van der Waals surface area contributed by atoms with Crippen LogP contribution in [0.25, 0.3) is 0 Å². The van der Waals surface area contributed by atoms with Crippen LogP contribution in [0.1, 0.15) is 5.82 Å². The molecule has 1 radical (unpaired) electrons. The summed E-state index contributed by atoms with van der Waals surface area (Å²) in [7, 11) is 0. The van der Waals surface area contributed by atoms with Crippen molar-refractivity contribution in [2.45, 2.75) is 12.1 Å². The van der Waals surface area contributed by atoms with Gasteiger partial charge >= 0.3 is 0 Å². The van der Waals surface area contributed by atoms with Gasteiger partial charge < -0.3 is 0 Å².